The van der Waals surface area contributed by atoms with Crippen LogP contribution in [0.15, 0.2) is 34.7 Å². The molecule has 1 aromatic heterocycles. The van der Waals surface area contributed by atoms with Crippen molar-refractivity contribution >= 4 is 17.8 Å². The molecule has 2 amide bonds. The molecule has 2 fully saturated rings. The van der Waals surface area contributed by atoms with Gasteiger partial charge in [0.05, 0.1) is 11.8 Å². The first-order valence-corrected chi connectivity index (χ1v) is 9.02. The molecule has 0 spiro atoms. The van der Waals surface area contributed by atoms with Crippen molar-refractivity contribution in [1.82, 2.24) is 15.1 Å². The molecule has 27 heavy (non-hydrogen) atoms. The van der Waals surface area contributed by atoms with Crippen LogP contribution in [0.3, 0.4) is 0 Å². The summed E-state index contributed by atoms with van der Waals surface area (Å²) in [5.41, 5.74) is 0.762. The maximum absolute atomic E-state index is 12.4. The Bertz CT molecular complexity index is 839. The van der Waals surface area contributed by atoms with Crippen molar-refractivity contribution in [1.29, 1.82) is 0 Å². The minimum absolute atomic E-state index is 0.148. The molecule has 0 radical (unpaired) electrons. The lowest BCUT2D eigenvalue weighted by Crippen LogP contribution is -2.36. The highest BCUT2D eigenvalue weighted by Gasteiger charge is 2.48. The molecule has 2 aliphatic rings. The highest BCUT2D eigenvalue weighted by molar-refractivity contribution is 6.07. The Morgan fingerprint density at radius 1 is 1.07 bits per heavy atom. The van der Waals surface area contributed by atoms with Crippen molar-refractivity contribution in [2.24, 2.45) is 11.8 Å². The van der Waals surface area contributed by atoms with Crippen LogP contribution in [-0.2, 0) is 25.7 Å². The summed E-state index contributed by atoms with van der Waals surface area (Å²) in [5, 5.41) is 7.76. The monoisotopic (exact) mass is 369 g/mol. The SMILES string of the molecule is O=C(CN1C(=O)[C@@H]2CCCC[C@H]2C1=O)OCc1nnc(-c2ccccc2)o1. The zero-order valence-corrected chi connectivity index (χ0v) is 14.7. The molecule has 4 rings (SSSR count). The number of imide groups is 1. The second kappa shape index (κ2) is 7.30. The van der Waals surface area contributed by atoms with Gasteiger partial charge in [0.25, 0.3) is 5.89 Å². The van der Waals surface area contributed by atoms with Gasteiger partial charge in [0, 0.05) is 5.56 Å². The van der Waals surface area contributed by atoms with Gasteiger partial charge in [0.2, 0.25) is 17.7 Å². The molecule has 140 valence electrons. The zero-order valence-electron chi connectivity index (χ0n) is 14.7. The standard InChI is InChI=1S/C19H19N3O5/c23-16(10-22-18(24)13-8-4-5-9-14(13)19(22)25)26-11-15-20-21-17(27-15)12-6-2-1-3-7-12/h1-3,6-7,13-14H,4-5,8-11H2/t13-,14-/m1/s1. The summed E-state index contributed by atoms with van der Waals surface area (Å²) in [7, 11) is 0. The Morgan fingerprint density at radius 3 is 2.41 bits per heavy atom. The number of esters is 1. The van der Waals surface area contributed by atoms with E-state index in [0.29, 0.717) is 18.7 Å². The first kappa shape index (κ1) is 17.4. The van der Waals surface area contributed by atoms with Crippen LogP contribution in [0, 0.1) is 11.8 Å². The van der Waals surface area contributed by atoms with E-state index in [0.717, 1.165) is 23.3 Å². The van der Waals surface area contributed by atoms with Crippen LogP contribution >= 0.6 is 0 Å². The van der Waals surface area contributed by atoms with E-state index >= 15 is 0 Å². The van der Waals surface area contributed by atoms with E-state index in [-0.39, 0.29) is 42.7 Å². The predicted molar refractivity (Wildman–Crippen MR) is 91.7 cm³/mol. The number of nitrogens with zero attached hydrogens (tertiary/aromatic N) is 3. The van der Waals surface area contributed by atoms with Gasteiger partial charge in [-0.1, -0.05) is 31.0 Å². The topological polar surface area (TPSA) is 103 Å². The third-order valence-electron chi connectivity index (χ3n) is 5.06. The molecule has 0 bridgehead atoms. The van der Waals surface area contributed by atoms with E-state index in [1.165, 1.54) is 0 Å². The van der Waals surface area contributed by atoms with Gasteiger partial charge in [-0.15, -0.1) is 10.2 Å². The number of hydrogen-bond donors (Lipinski definition) is 0. The average Bonchev–Trinajstić information content (AvgIpc) is 3.27. The van der Waals surface area contributed by atoms with Crippen LogP contribution in [-0.4, -0.2) is 39.4 Å². The number of aromatic nitrogens is 2. The molecular weight excluding hydrogens is 350 g/mol. The van der Waals surface area contributed by atoms with Crippen LogP contribution in [0.2, 0.25) is 0 Å². The van der Waals surface area contributed by atoms with Crippen LogP contribution in [0.5, 0.6) is 0 Å². The van der Waals surface area contributed by atoms with Crippen molar-refractivity contribution < 1.29 is 23.5 Å². The second-order valence-electron chi connectivity index (χ2n) is 6.79. The lowest BCUT2D eigenvalue weighted by molar-refractivity contribution is -0.154. The minimum atomic E-state index is -0.671. The number of rotatable bonds is 5. The second-order valence-corrected chi connectivity index (χ2v) is 6.79. The molecule has 1 saturated heterocycles. The maximum atomic E-state index is 12.4. The van der Waals surface area contributed by atoms with E-state index in [2.05, 4.69) is 10.2 Å². The van der Waals surface area contributed by atoms with Crippen molar-refractivity contribution in [3.05, 3.63) is 36.2 Å². The number of benzene rings is 1. The molecule has 8 heteroatoms. The van der Waals surface area contributed by atoms with E-state index in [4.69, 9.17) is 9.15 Å². The molecule has 2 atom stereocenters. The fourth-order valence-corrected chi connectivity index (χ4v) is 3.71. The van der Waals surface area contributed by atoms with Crippen molar-refractivity contribution in [2.75, 3.05) is 6.54 Å². The fraction of sp³-hybridized carbons (Fsp3) is 0.421. The summed E-state index contributed by atoms with van der Waals surface area (Å²) >= 11 is 0. The Hall–Kier alpha value is -3.03. The number of likely N-dealkylation sites (tertiary alicyclic amines) is 1. The molecule has 0 N–H and O–H groups in total. The van der Waals surface area contributed by atoms with Crippen LogP contribution < -0.4 is 0 Å². The average molecular weight is 369 g/mol. The molecule has 8 nitrogen and oxygen atoms in total. The van der Waals surface area contributed by atoms with Crippen molar-refractivity contribution in [3.63, 3.8) is 0 Å². The summed E-state index contributed by atoms with van der Waals surface area (Å²) in [6, 6.07) is 9.22. The quantitative estimate of drug-likeness (QED) is 0.586. The van der Waals surface area contributed by atoms with Crippen molar-refractivity contribution in [3.8, 4) is 11.5 Å². The molecule has 1 aliphatic heterocycles. The molecule has 0 unspecified atom stereocenters. The summed E-state index contributed by atoms with van der Waals surface area (Å²) in [4.78, 5) is 37.9. The Morgan fingerprint density at radius 2 is 1.74 bits per heavy atom. The third-order valence-corrected chi connectivity index (χ3v) is 5.06. The molecule has 1 saturated carbocycles. The van der Waals surface area contributed by atoms with Gasteiger partial charge in [-0.05, 0) is 25.0 Å². The summed E-state index contributed by atoms with van der Waals surface area (Å²) in [6.07, 6.45) is 3.31. The number of fused-ring (bicyclic) bond motifs is 1. The predicted octanol–water partition coefficient (Wildman–Crippen LogP) is 1.95. The summed E-state index contributed by atoms with van der Waals surface area (Å²) < 4.78 is 10.6. The van der Waals surface area contributed by atoms with Gasteiger partial charge in [-0.2, -0.15) is 0 Å². The Balaban J connectivity index is 1.33. The van der Waals surface area contributed by atoms with Crippen LogP contribution in [0.1, 0.15) is 31.6 Å². The lowest BCUT2D eigenvalue weighted by Gasteiger charge is -2.19. The molecule has 2 heterocycles. The van der Waals surface area contributed by atoms with E-state index < -0.39 is 5.97 Å². The van der Waals surface area contributed by atoms with E-state index in [9.17, 15) is 14.4 Å². The molecule has 1 aliphatic carbocycles. The number of amides is 2. The minimum Gasteiger partial charge on any atom is -0.454 e. The fourth-order valence-electron chi connectivity index (χ4n) is 3.71. The number of hydrogen-bond acceptors (Lipinski definition) is 7. The van der Waals surface area contributed by atoms with Gasteiger partial charge >= 0.3 is 5.97 Å². The first-order valence-electron chi connectivity index (χ1n) is 9.02. The maximum Gasteiger partial charge on any atom is 0.326 e. The Kier molecular flexibility index (Phi) is 4.70. The van der Waals surface area contributed by atoms with Gasteiger partial charge in [0.15, 0.2) is 6.61 Å². The smallest absolute Gasteiger partial charge is 0.326 e. The van der Waals surface area contributed by atoms with Crippen molar-refractivity contribution in [2.45, 2.75) is 32.3 Å². The van der Waals surface area contributed by atoms with Gasteiger partial charge in [-0.25, -0.2) is 0 Å². The first-order chi connectivity index (χ1) is 13.1. The Labute approximate surface area is 155 Å². The van der Waals surface area contributed by atoms with Crippen LogP contribution in [0.4, 0.5) is 0 Å². The van der Waals surface area contributed by atoms with Crippen LogP contribution in [0.25, 0.3) is 11.5 Å². The van der Waals surface area contributed by atoms with E-state index in [1.54, 1.807) is 0 Å². The molecular formula is C19H19N3O5. The van der Waals surface area contributed by atoms with E-state index in [1.807, 2.05) is 30.3 Å². The van der Waals surface area contributed by atoms with Gasteiger partial charge in [-0.3, -0.25) is 19.3 Å². The molecule has 1 aromatic carbocycles. The number of carbonyl (C=O) groups excluding carboxylic acids is 3. The highest BCUT2D eigenvalue weighted by Crippen LogP contribution is 2.37. The largest absolute Gasteiger partial charge is 0.454 e. The zero-order chi connectivity index (χ0) is 18.8. The normalized spacial score (nSPS) is 22.0. The number of ether oxygens (including phenoxy) is 1. The lowest BCUT2D eigenvalue weighted by atomic mass is 9.81. The molecule has 2 aromatic rings. The van der Waals surface area contributed by atoms with Gasteiger partial charge in [0.1, 0.15) is 6.54 Å². The number of carbonyl (C=O) groups is 3. The third kappa shape index (κ3) is 3.47. The van der Waals surface area contributed by atoms with Gasteiger partial charge < -0.3 is 9.15 Å². The summed E-state index contributed by atoms with van der Waals surface area (Å²) in [5.74, 6) is -1.26. The summed E-state index contributed by atoms with van der Waals surface area (Å²) in [6.45, 7) is -0.577. The highest BCUT2D eigenvalue weighted by atomic mass is 16.5.